The number of carbonyl (C=O) groups is 1. The van der Waals surface area contributed by atoms with Gasteiger partial charge in [0.1, 0.15) is 13.2 Å². The second-order valence-electron chi connectivity index (χ2n) is 25.2. The molecule has 0 spiro atoms. The number of aliphatic hydroxyl groups is 1. The number of carbonyl (C=O) groups excluding carboxylic acids is 1. The Labute approximate surface area is 561 Å². The van der Waals surface area contributed by atoms with Crippen molar-refractivity contribution in [2.24, 2.45) is 0 Å². The van der Waals surface area contributed by atoms with Crippen molar-refractivity contribution in [2.75, 3.05) is 40.9 Å². The number of phosphoric ester groups is 1. The molecule has 3 unspecified atom stereocenters. The number of amides is 1. The molecule has 0 fully saturated rings. The van der Waals surface area contributed by atoms with Gasteiger partial charge in [-0.1, -0.05) is 318 Å². The average Bonchev–Trinajstić information content (AvgIpc) is 3.59. The molecule has 91 heavy (non-hydrogen) atoms. The van der Waals surface area contributed by atoms with E-state index in [1.54, 1.807) is 6.08 Å². The Morgan fingerprint density at radius 3 is 1.01 bits per heavy atom. The fourth-order valence-corrected chi connectivity index (χ4v) is 10.4. The fraction of sp³-hybridized carbons (Fsp3) is 0.622. The summed E-state index contributed by atoms with van der Waals surface area (Å²) in [5.41, 5.74) is 0. The zero-order valence-electron chi connectivity index (χ0n) is 59.0. The standard InChI is InChI=1S/C82H137N2O6P/c1-6-8-10-12-14-16-18-20-22-24-26-28-30-32-34-36-37-38-39-40-41-42-43-44-45-46-47-48-50-52-54-56-58-60-62-64-66-68-70-72-74-76-82(86)83-80(79-90-91(87,88)89-78-77-84(3,4)5)81(85)75-73-71-69-67-65-63-61-59-57-55-53-51-49-35-33-31-29-27-25-23-21-19-17-15-13-11-9-7-2/h8,10,14,16,20,22,26,28,32,34,37-38,40-41,43-44,46-47,50,52,56-59,62,64-65,67,73,75,80-81,85H,6-7,9,11-13,15,17-19,21,23-25,27,29-31,33,35-36,39,42,45,48-49,51,53-55,60-61,63,66,68-72,74,76-79H2,1-5H3,(H-,83,86,87,88)/p+1/b10-8-,16-14-,22-20-,28-26-,34-32-,38-37-,41-40-,44-43-,47-46-,52-50-,58-56-,59-57+,64-62-,67-65+,75-73+. The smallest absolute Gasteiger partial charge is 0.387 e. The summed E-state index contributed by atoms with van der Waals surface area (Å²) in [6, 6.07) is -0.900. The molecule has 0 aromatic carbocycles. The largest absolute Gasteiger partial charge is 0.472 e. The molecular formula is C82H138N2O6P+. The quantitative estimate of drug-likeness (QED) is 0.0243. The van der Waals surface area contributed by atoms with Crippen molar-refractivity contribution in [3.05, 3.63) is 182 Å². The van der Waals surface area contributed by atoms with Crippen molar-refractivity contribution >= 4 is 13.7 Å². The summed E-state index contributed by atoms with van der Waals surface area (Å²) in [6.07, 6.45) is 112. The van der Waals surface area contributed by atoms with Gasteiger partial charge in [-0.2, -0.15) is 0 Å². The third kappa shape index (κ3) is 72.9. The Kier molecular flexibility index (Phi) is 66.5. The molecule has 0 heterocycles. The minimum Gasteiger partial charge on any atom is -0.387 e. The third-order valence-electron chi connectivity index (χ3n) is 15.3. The van der Waals surface area contributed by atoms with Gasteiger partial charge in [0.15, 0.2) is 0 Å². The number of likely N-dealkylation sites (N-methyl/N-ethyl adjacent to an activating group) is 1. The summed E-state index contributed by atoms with van der Waals surface area (Å²) in [4.78, 5) is 23.4. The van der Waals surface area contributed by atoms with Crippen molar-refractivity contribution in [3.8, 4) is 0 Å². The van der Waals surface area contributed by atoms with Crippen LogP contribution in [0.25, 0.3) is 0 Å². The molecule has 3 N–H and O–H groups in total. The maximum atomic E-state index is 13.0. The van der Waals surface area contributed by atoms with Crippen LogP contribution in [0.1, 0.15) is 277 Å². The molecule has 9 heteroatoms. The van der Waals surface area contributed by atoms with Crippen LogP contribution in [0.15, 0.2) is 182 Å². The molecule has 0 aromatic rings. The maximum Gasteiger partial charge on any atom is 0.472 e. The van der Waals surface area contributed by atoms with Gasteiger partial charge in [0, 0.05) is 6.42 Å². The Hall–Kier alpha value is -4.40. The van der Waals surface area contributed by atoms with Gasteiger partial charge in [-0.15, -0.1) is 0 Å². The topological polar surface area (TPSA) is 105 Å². The number of nitrogens with zero attached hydrogens (tertiary/aromatic N) is 1. The molecule has 0 radical (unpaired) electrons. The Balaban J connectivity index is 4.25. The number of allylic oxidation sites excluding steroid dienone is 29. The number of aliphatic hydroxyl groups excluding tert-OH is 1. The van der Waals surface area contributed by atoms with Gasteiger partial charge in [0.2, 0.25) is 5.91 Å². The molecule has 0 aliphatic heterocycles. The maximum absolute atomic E-state index is 13.0. The summed E-state index contributed by atoms with van der Waals surface area (Å²) in [5.74, 6) is -0.221. The Bertz CT molecular complexity index is 2140. The minimum absolute atomic E-state index is 0.0385. The SMILES string of the molecule is CC/C=C\C/C=C\C/C=C\C/C=C\C/C=C\C/C=C\C/C=C\C/C=C\C/C=C\C/C=C\C/C=C\C/C=C\CCCCCCC(=O)NC(COP(=O)(O)OCC[N+](C)(C)C)C(O)/C=C/CC/C=C/CC/C=C/CCCCCCCCCCCCCCCCCCCC. The zero-order chi connectivity index (χ0) is 66.2. The number of nitrogens with one attached hydrogen (secondary N) is 1. The van der Waals surface area contributed by atoms with Crippen LogP contribution in [-0.4, -0.2) is 73.4 Å². The van der Waals surface area contributed by atoms with Gasteiger partial charge in [0.05, 0.1) is 39.9 Å². The van der Waals surface area contributed by atoms with Crippen molar-refractivity contribution in [1.29, 1.82) is 0 Å². The summed E-state index contributed by atoms with van der Waals surface area (Å²) in [6.45, 7) is 4.65. The van der Waals surface area contributed by atoms with Crippen molar-refractivity contribution in [3.63, 3.8) is 0 Å². The third-order valence-corrected chi connectivity index (χ3v) is 16.3. The number of phosphoric acid groups is 1. The first kappa shape index (κ1) is 86.6. The number of rotatable bonds is 65. The highest BCUT2D eigenvalue weighted by molar-refractivity contribution is 7.47. The predicted molar refractivity (Wildman–Crippen MR) is 400 cm³/mol. The molecule has 0 aliphatic rings. The highest BCUT2D eigenvalue weighted by Gasteiger charge is 2.28. The van der Waals surface area contributed by atoms with E-state index in [1.165, 1.54) is 122 Å². The first-order valence-electron chi connectivity index (χ1n) is 36.7. The van der Waals surface area contributed by atoms with Crippen LogP contribution in [0.2, 0.25) is 0 Å². The molecule has 8 nitrogen and oxygen atoms in total. The van der Waals surface area contributed by atoms with E-state index in [9.17, 15) is 19.4 Å². The second-order valence-corrected chi connectivity index (χ2v) is 26.7. The van der Waals surface area contributed by atoms with E-state index < -0.39 is 20.0 Å². The van der Waals surface area contributed by atoms with E-state index >= 15 is 0 Å². The summed E-state index contributed by atoms with van der Waals surface area (Å²) in [7, 11) is 1.51. The molecule has 0 saturated heterocycles. The minimum atomic E-state index is -4.39. The summed E-state index contributed by atoms with van der Waals surface area (Å²) < 4.78 is 23.8. The lowest BCUT2D eigenvalue weighted by Gasteiger charge is -2.25. The van der Waals surface area contributed by atoms with Crippen molar-refractivity contribution < 1.29 is 32.9 Å². The van der Waals surface area contributed by atoms with E-state index in [1.807, 2.05) is 27.2 Å². The van der Waals surface area contributed by atoms with Gasteiger partial charge >= 0.3 is 7.82 Å². The van der Waals surface area contributed by atoms with E-state index in [4.69, 9.17) is 9.05 Å². The molecule has 3 atom stereocenters. The van der Waals surface area contributed by atoms with Crippen LogP contribution in [-0.2, 0) is 18.4 Å². The number of hydrogen-bond acceptors (Lipinski definition) is 5. The number of unbranched alkanes of at least 4 members (excludes halogenated alkanes) is 24. The molecule has 0 aromatic heterocycles. The Morgan fingerprint density at radius 1 is 0.385 bits per heavy atom. The van der Waals surface area contributed by atoms with Crippen LogP contribution in [0.5, 0.6) is 0 Å². The number of quaternary nitrogens is 1. The van der Waals surface area contributed by atoms with Crippen LogP contribution in [0.3, 0.4) is 0 Å². The second kappa shape index (κ2) is 69.9. The first-order chi connectivity index (χ1) is 44.5. The normalized spacial score (nSPS) is 14.7. The highest BCUT2D eigenvalue weighted by atomic mass is 31.2. The van der Waals surface area contributed by atoms with E-state index in [-0.39, 0.29) is 19.1 Å². The van der Waals surface area contributed by atoms with Crippen LogP contribution in [0, 0.1) is 0 Å². The van der Waals surface area contributed by atoms with Crippen molar-refractivity contribution in [2.45, 2.75) is 289 Å². The molecule has 0 rings (SSSR count). The molecule has 0 bridgehead atoms. The van der Waals surface area contributed by atoms with Gasteiger partial charge in [-0.25, -0.2) is 4.57 Å². The van der Waals surface area contributed by atoms with E-state index in [0.29, 0.717) is 17.4 Å². The fourth-order valence-electron chi connectivity index (χ4n) is 9.70. The lowest BCUT2D eigenvalue weighted by Crippen LogP contribution is -2.45. The highest BCUT2D eigenvalue weighted by Crippen LogP contribution is 2.43. The van der Waals surface area contributed by atoms with Gasteiger partial charge < -0.3 is 19.8 Å². The lowest BCUT2D eigenvalue weighted by atomic mass is 10.0. The molecule has 0 aliphatic carbocycles. The van der Waals surface area contributed by atoms with E-state index in [0.717, 1.165) is 135 Å². The summed E-state index contributed by atoms with van der Waals surface area (Å²) in [5, 5.41) is 14.0. The Morgan fingerprint density at radius 2 is 0.670 bits per heavy atom. The van der Waals surface area contributed by atoms with Gasteiger partial charge in [-0.3, -0.25) is 13.8 Å². The molecule has 516 valence electrons. The molecular weight excluding hydrogens is 1140 g/mol. The van der Waals surface area contributed by atoms with Gasteiger partial charge in [-0.05, 0) is 135 Å². The van der Waals surface area contributed by atoms with Crippen LogP contribution < -0.4 is 5.32 Å². The molecule has 0 saturated carbocycles. The average molecular weight is 1280 g/mol. The van der Waals surface area contributed by atoms with Crippen LogP contribution in [0.4, 0.5) is 0 Å². The zero-order valence-corrected chi connectivity index (χ0v) is 59.9. The lowest BCUT2D eigenvalue weighted by molar-refractivity contribution is -0.870. The monoisotopic (exact) mass is 1280 g/mol. The summed E-state index contributed by atoms with van der Waals surface area (Å²) >= 11 is 0. The predicted octanol–water partition coefficient (Wildman–Crippen LogP) is 24.0. The number of hydrogen-bond donors (Lipinski definition) is 3. The van der Waals surface area contributed by atoms with Crippen molar-refractivity contribution in [1.82, 2.24) is 5.32 Å². The van der Waals surface area contributed by atoms with E-state index in [2.05, 4.69) is 189 Å². The van der Waals surface area contributed by atoms with Gasteiger partial charge in [0.25, 0.3) is 0 Å². The van der Waals surface area contributed by atoms with Crippen LogP contribution >= 0.6 is 7.82 Å². The molecule has 1 amide bonds. The first-order valence-corrected chi connectivity index (χ1v) is 38.2.